The van der Waals surface area contributed by atoms with Gasteiger partial charge in [-0.05, 0) is 74.6 Å². The predicted molar refractivity (Wildman–Crippen MR) is 99.9 cm³/mol. The number of esters is 1. The molecule has 0 saturated carbocycles. The summed E-state index contributed by atoms with van der Waals surface area (Å²) in [4.78, 5) is 11.8. The number of carbonyl (C=O) groups is 1. The van der Waals surface area contributed by atoms with Crippen molar-refractivity contribution >= 4 is 11.5 Å². The highest BCUT2D eigenvalue weighted by molar-refractivity contribution is 5.79. The minimum Gasteiger partial charge on any atom is -0.466 e. The molecule has 2 rings (SSSR count). The zero-order chi connectivity index (χ0) is 20.5. The maximum Gasteiger partial charge on any atom is 0.307 e. The standard InChI is InChI=1S/C21H26F3NO2/c1-6-27-18(26)10-17(25)19-20(23)13(4)8-15(21(19,5)24)14-9-16(22)12(3)7-11(14)2/h7-9,17,19H,6,10,25H2,1-5H3. The molecule has 0 aromatic heterocycles. The first kappa shape index (κ1) is 21.2. The molecule has 1 aromatic rings. The van der Waals surface area contributed by atoms with Gasteiger partial charge < -0.3 is 10.5 Å². The smallest absolute Gasteiger partial charge is 0.307 e. The Morgan fingerprint density at radius 3 is 2.48 bits per heavy atom. The van der Waals surface area contributed by atoms with E-state index >= 15 is 4.39 Å². The van der Waals surface area contributed by atoms with Crippen LogP contribution in [-0.4, -0.2) is 24.3 Å². The van der Waals surface area contributed by atoms with Gasteiger partial charge in [-0.15, -0.1) is 0 Å². The molecule has 0 aliphatic heterocycles. The quantitative estimate of drug-likeness (QED) is 0.752. The van der Waals surface area contributed by atoms with Crippen molar-refractivity contribution in [2.24, 2.45) is 11.7 Å². The average Bonchev–Trinajstić information content (AvgIpc) is 2.54. The van der Waals surface area contributed by atoms with E-state index < -0.39 is 35.2 Å². The molecule has 2 N–H and O–H groups in total. The third kappa shape index (κ3) is 4.10. The van der Waals surface area contributed by atoms with E-state index in [2.05, 4.69) is 0 Å². The van der Waals surface area contributed by atoms with Crippen LogP contribution in [0.1, 0.15) is 43.9 Å². The van der Waals surface area contributed by atoms with Crippen LogP contribution >= 0.6 is 0 Å². The molecule has 148 valence electrons. The van der Waals surface area contributed by atoms with Gasteiger partial charge in [0.25, 0.3) is 0 Å². The second-order valence-corrected chi connectivity index (χ2v) is 7.23. The Balaban J connectivity index is 2.51. The minimum atomic E-state index is -2.22. The number of benzene rings is 1. The van der Waals surface area contributed by atoms with Gasteiger partial charge in [0.2, 0.25) is 0 Å². The lowest BCUT2D eigenvalue weighted by Gasteiger charge is -2.39. The van der Waals surface area contributed by atoms with Crippen molar-refractivity contribution in [1.82, 2.24) is 0 Å². The number of alkyl halides is 1. The predicted octanol–water partition coefficient (Wildman–Crippen LogP) is 4.71. The first-order chi connectivity index (χ1) is 12.5. The molecule has 3 unspecified atom stereocenters. The lowest BCUT2D eigenvalue weighted by molar-refractivity contribution is -0.143. The lowest BCUT2D eigenvalue weighted by atomic mass is 9.71. The average molecular weight is 381 g/mol. The van der Waals surface area contributed by atoms with Crippen molar-refractivity contribution in [3.05, 3.63) is 52.1 Å². The van der Waals surface area contributed by atoms with Crippen LogP contribution in [0.15, 0.2) is 29.6 Å². The molecule has 0 radical (unpaired) electrons. The van der Waals surface area contributed by atoms with E-state index in [1.54, 1.807) is 26.8 Å². The molecule has 0 fully saturated rings. The minimum absolute atomic E-state index is 0.155. The van der Waals surface area contributed by atoms with E-state index in [1.165, 1.54) is 26.0 Å². The van der Waals surface area contributed by atoms with E-state index in [0.29, 0.717) is 16.7 Å². The summed E-state index contributed by atoms with van der Waals surface area (Å²) in [5.41, 5.74) is 5.66. The molecular weight excluding hydrogens is 355 g/mol. The van der Waals surface area contributed by atoms with Crippen LogP contribution in [0.3, 0.4) is 0 Å². The summed E-state index contributed by atoms with van der Waals surface area (Å²) in [6.07, 6.45) is 1.08. The van der Waals surface area contributed by atoms with E-state index in [4.69, 9.17) is 10.5 Å². The molecule has 0 bridgehead atoms. The molecule has 1 aromatic carbocycles. The number of hydrogen-bond donors (Lipinski definition) is 1. The maximum atomic E-state index is 15.9. The fraction of sp³-hybridized carbons (Fsp3) is 0.476. The fourth-order valence-corrected chi connectivity index (χ4v) is 3.65. The van der Waals surface area contributed by atoms with E-state index in [9.17, 15) is 13.6 Å². The van der Waals surface area contributed by atoms with Gasteiger partial charge in [-0.3, -0.25) is 4.79 Å². The summed E-state index contributed by atoms with van der Waals surface area (Å²) in [5, 5.41) is 0. The highest BCUT2D eigenvalue weighted by Gasteiger charge is 2.48. The van der Waals surface area contributed by atoms with E-state index in [1.807, 2.05) is 0 Å². The normalized spacial score (nSPS) is 23.9. The largest absolute Gasteiger partial charge is 0.466 e. The molecule has 3 atom stereocenters. The Bertz CT molecular complexity index is 812. The maximum absolute atomic E-state index is 15.9. The zero-order valence-electron chi connectivity index (χ0n) is 16.3. The Morgan fingerprint density at radius 1 is 1.26 bits per heavy atom. The van der Waals surface area contributed by atoms with Gasteiger partial charge in [0.05, 0.1) is 18.9 Å². The number of aryl methyl sites for hydroxylation is 2. The van der Waals surface area contributed by atoms with Crippen LogP contribution in [0.4, 0.5) is 13.2 Å². The van der Waals surface area contributed by atoms with Crippen LogP contribution < -0.4 is 5.73 Å². The number of carbonyl (C=O) groups excluding carboxylic acids is 1. The SMILES string of the molecule is CCOC(=O)CC(N)C1C(F)=C(C)C=C(c2cc(F)c(C)cc2C)C1(C)F. The number of rotatable bonds is 5. The summed E-state index contributed by atoms with van der Waals surface area (Å²) >= 11 is 0. The van der Waals surface area contributed by atoms with Gasteiger partial charge in [0, 0.05) is 6.04 Å². The summed E-state index contributed by atoms with van der Waals surface area (Å²) in [7, 11) is 0. The second-order valence-electron chi connectivity index (χ2n) is 7.23. The third-order valence-electron chi connectivity index (χ3n) is 5.05. The van der Waals surface area contributed by atoms with E-state index in [-0.39, 0.29) is 24.2 Å². The van der Waals surface area contributed by atoms with E-state index in [0.717, 1.165) is 0 Å². The van der Waals surface area contributed by atoms with Gasteiger partial charge in [0.1, 0.15) is 17.3 Å². The molecule has 0 spiro atoms. The monoisotopic (exact) mass is 381 g/mol. The number of nitrogens with two attached hydrogens (primary N) is 1. The van der Waals surface area contributed by atoms with Crippen molar-refractivity contribution in [2.75, 3.05) is 6.61 Å². The van der Waals surface area contributed by atoms with Crippen LogP contribution in [0.5, 0.6) is 0 Å². The molecule has 27 heavy (non-hydrogen) atoms. The molecule has 1 aliphatic carbocycles. The molecule has 6 heteroatoms. The van der Waals surface area contributed by atoms with Crippen LogP contribution in [0.2, 0.25) is 0 Å². The summed E-state index contributed by atoms with van der Waals surface area (Å²) in [6.45, 7) is 7.90. The molecule has 0 saturated heterocycles. The fourth-order valence-electron chi connectivity index (χ4n) is 3.65. The highest BCUT2D eigenvalue weighted by atomic mass is 19.2. The van der Waals surface area contributed by atoms with Crippen molar-refractivity contribution in [2.45, 2.75) is 52.8 Å². The van der Waals surface area contributed by atoms with Gasteiger partial charge in [-0.2, -0.15) is 0 Å². The lowest BCUT2D eigenvalue weighted by Crippen LogP contribution is -2.47. The van der Waals surface area contributed by atoms with Crippen molar-refractivity contribution < 1.29 is 22.7 Å². The summed E-state index contributed by atoms with van der Waals surface area (Å²) < 4.78 is 49.7. The van der Waals surface area contributed by atoms with Gasteiger partial charge in [-0.1, -0.05) is 6.07 Å². The first-order valence-electron chi connectivity index (χ1n) is 8.96. The van der Waals surface area contributed by atoms with Gasteiger partial charge in [-0.25, -0.2) is 13.2 Å². The van der Waals surface area contributed by atoms with Gasteiger partial charge >= 0.3 is 5.97 Å². The molecule has 0 amide bonds. The summed E-state index contributed by atoms with van der Waals surface area (Å²) in [5.74, 6) is -3.15. The number of halogens is 3. The number of allylic oxidation sites excluding steroid dienone is 3. The van der Waals surface area contributed by atoms with Gasteiger partial charge in [0.15, 0.2) is 0 Å². The van der Waals surface area contributed by atoms with Crippen molar-refractivity contribution in [3.8, 4) is 0 Å². The number of ether oxygens (including phenoxy) is 1. The first-order valence-corrected chi connectivity index (χ1v) is 8.96. The van der Waals surface area contributed by atoms with Crippen LogP contribution in [-0.2, 0) is 9.53 Å². The Hall–Kier alpha value is -2.08. The number of hydrogen-bond acceptors (Lipinski definition) is 3. The van der Waals surface area contributed by atoms with Crippen molar-refractivity contribution in [3.63, 3.8) is 0 Å². The topological polar surface area (TPSA) is 52.3 Å². The summed E-state index contributed by atoms with van der Waals surface area (Å²) in [6, 6.07) is 1.77. The van der Waals surface area contributed by atoms with Crippen LogP contribution in [0.25, 0.3) is 5.57 Å². The molecule has 3 nitrogen and oxygen atoms in total. The molecular formula is C21H26F3NO2. The second kappa shape index (κ2) is 7.89. The Morgan fingerprint density at radius 2 is 1.89 bits per heavy atom. The Kier molecular flexibility index (Phi) is 6.20. The molecule has 0 heterocycles. The third-order valence-corrected chi connectivity index (χ3v) is 5.05. The van der Waals surface area contributed by atoms with Crippen molar-refractivity contribution in [1.29, 1.82) is 0 Å². The van der Waals surface area contributed by atoms with Crippen LogP contribution in [0, 0.1) is 25.6 Å². The highest BCUT2D eigenvalue weighted by Crippen LogP contribution is 2.48. The Labute approximate surface area is 158 Å². The molecule has 1 aliphatic rings. The zero-order valence-corrected chi connectivity index (χ0v) is 16.3.